The third kappa shape index (κ3) is 5.36. The van der Waals surface area contributed by atoms with E-state index in [2.05, 4.69) is 4.74 Å². The first-order valence-corrected chi connectivity index (χ1v) is 8.93. The van der Waals surface area contributed by atoms with E-state index in [-0.39, 0.29) is 0 Å². The predicted molar refractivity (Wildman–Crippen MR) is 87.9 cm³/mol. The van der Waals surface area contributed by atoms with E-state index in [9.17, 15) is 13.2 Å². The molecule has 2 aromatic rings. The van der Waals surface area contributed by atoms with E-state index in [0.29, 0.717) is 17.9 Å². The molecule has 0 bridgehead atoms. The lowest BCUT2D eigenvalue weighted by Gasteiger charge is -2.15. The Kier molecular flexibility index (Phi) is 5.94. The average molecular weight is 350 g/mol. The van der Waals surface area contributed by atoms with Crippen molar-refractivity contribution < 1.29 is 26.9 Å². The van der Waals surface area contributed by atoms with E-state index in [1.807, 2.05) is 30.3 Å². The Bertz CT molecular complexity index is 768. The molecule has 0 N–H and O–H groups in total. The van der Waals surface area contributed by atoms with Crippen LogP contribution in [0.2, 0.25) is 0 Å². The van der Waals surface area contributed by atoms with E-state index in [1.165, 1.54) is 0 Å². The number of hydrogen-bond donors (Lipinski definition) is 0. The minimum absolute atomic E-state index is 0.360. The maximum Gasteiger partial charge on any atom is 0.341 e. The van der Waals surface area contributed by atoms with Crippen molar-refractivity contribution in [1.82, 2.24) is 0 Å². The van der Waals surface area contributed by atoms with Gasteiger partial charge in [-0.2, -0.15) is 8.42 Å². The van der Waals surface area contributed by atoms with E-state index in [4.69, 9.17) is 8.92 Å². The van der Waals surface area contributed by atoms with Crippen LogP contribution in [0.5, 0.6) is 5.75 Å². The van der Waals surface area contributed by atoms with E-state index in [0.717, 1.165) is 18.9 Å². The van der Waals surface area contributed by atoms with Gasteiger partial charge in [0.25, 0.3) is 10.1 Å². The van der Waals surface area contributed by atoms with Crippen LogP contribution < -0.4 is 4.74 Å². The largest absolute Gasteiger partial charge is 0.489 e. The smallest absolute Gasteiger partial charge is 0.341 e. The Labute approximate surface area is 141 Å². The van der Waals surface area contributed by atoms with Crippen LogP contribution in [0.1, 0.15) is 17.2 Å². The third-order valence-electron chi connectivity index (χ3n) is 3.12. The fourth-order valence-electron chi connectivity index (χ4n) is 1.99. The summed E-state index contributed by atoms with van der Waals surface area (Å²) in [4.78, 5) is 11.7. The Morgan fingerprint density at radius 1 is 1.04 bits per heavy atom. The van der Waals surface area contributed by atoms with Crippen molar-refractivity contribution in [2.24, 2.45) is 0 Å². The Hall–Kier alpha value is -2.38. The highest BCUT2D eigenvalue weighted by atomic mass is 32.2. The lowest BCUT2D eigenvalue weighted by molar-refractivity contribution is -0.149. The minimum Gasteiger partial charge on any atom is -0.489 e. The molecule has 0 aliphatic heterocycles. The van der Waals surface area contributed by atoms with Crippen molar-refractivity contribution in [3.05, 3.63) is 65.7 Å². The van der Waals surface area contributed by atoms with Gasteiger partial charge in [0.2, 0.25) is 0 Å². The molecule has 2 aromatic carbocycles. The Balaban J connectivity index is 2.09. The monoisotopic (exact) mass is 350 g/mol. The van der Waals surface area contributed by atoms with Crippen LogP contribution in [0.4, 0.5) is 0 Å². The topological polar surface area (TPSA) is 78.9 Å². The molecular weight excluding hydrogens is 332 g/mol. The molecule has 0 aliphatic rings. The SMILES string of the molecule is COC(=O)C(OS(C)(=O)=O)c1ccc(OCc2ccccc2)cc1. The second-order valence-corrected chi connectivity index (χ2v) is 6.65. The first-order valence-electron chi connectivity index (χ1n) is 7.12. The summed E-state index contributed by atoms with van der Waals surface area (Å²) in [5.74, 6) is -0.205. The molecule has 0 heterocycles. The highest BCUT2D eigenvalue weighted by molar-refractivity contribution is 7.86. The van der Waals surface area contributed by atoms with Crippen LogP contribution in [0, 0.1) is 0 Å². The Morgan fingerprint density at radius 3 is 2.21 bits per heavy atom. The molecule has 0 saturated carbocycles. The van der Waals surface area contributed by atoms with E-state index in [1.54, 1.807) is 24.3 Å². The van der Waals surface area contributed by atoms with Gasteiger partial charge in [-0.1, -0.05) is 42.5 Å². The fraction of sp³-hybridized carbons (Fsp3) is 0.235. The molecule has 7 heteroatoms. The van der Waals surface area contributed by atoms with Crippen LogP contribution in [0.25, 0.3) is 0 Å². The highest BCUT2D eigenvalue weighted by Crippen LogP contribution is 2.24. The molecule has 0 radical (unpaired) electrons. The summed E-state index contributed by atoms with van der Waals surface area (Å²) in [7, 11) is -2.65. The van der Waals surface area contributed by atoms with Gasteiger partial charge in [-0.15, -0.1) is 0 Å². The minimum atomic E-state index is -3.82. The summed E-state index contributed by atoms with van der Waals surface area (Å²) >= 11 is 0. The second kappa shape index (κ2) is 7.94. The zero-order chi connectivity index (χ0) is 17.6. The van der Waals surface area contributed by atoms with Gasteiger partial charge in [-0.25, -0.2) is 4.79 Å². The summed E-state index contributed by atoms with van der Waals surface area (Å²) < 4.78 is 37.6. The normalized spacial score (nSPS) is 12.4. The first kappa shape index (κ1) is 18.0. The predicted octanol–water partition coefficient (Wildman–Crippen LogP) is 2.46. The van der Waals surface area contributed by atoms with Crippen LogP contribution in [-0.4, -0.2) is 27.8 Å². The Morgan fingerprint density at radius 2 is 1.67 bits per heavy atom. The molecule has 6 nitrogen and oxygen atoms in total. The number of methoxy groups -OCH3 is 1. The van der Waals surface area contributed by atoms with Gasteiger partial charge in [0.05, 0.1) is 13.4 Å². The fourth-order valence-corrected chi connectivity index (χ4v) is 2.53. The van der Waals surface area contributed by atoms with Crippen molar-refractivity contribution in [3.8, 4) is 5.75 Å². The molecule has 24 heavy (non-hydrogen) atoms. The number of benzene rings is 2. The summed E-state index contributed by atoms with van der Waals surface area (Å²) in [6.45, 7) is 0.403. The summed E-state index contributed by atoms with van der Waals surface area (Å²) in [6.07, 6.45) is -0.464. The van der Waals surface area contributed by atoms with Crippen LogP contribution in [0.3, 0.4) is 0 Å². The molecule has 0 fully saturated rings. The van der Waals surface area contributed by atoms with Gasteiger partial charge in [0.1, 0.15) is 12.4 Å². The second-order valence-electron chi connectivity index (χ2n) is 5.05. The van der Waals surface area contributed by atoms with Gasteiger partial charge < -0.3 is 9.47 Å². The van der Waals surface area contributed by atoms with Gasteiger partial charge >= 0.3 is 5.97 Å². The summed E-state index contributed by atoms with van der Waals surface area (Å²) in [5, 5.41) is 0. The number of hydrogen-bond acceptors (Lipinski definition) is 6. The zero-order valence-electron chi connectivity index (χ0n) is 13.3. The highest BCUT2D eigenvalue weighted by Gasteiger charge is 2.26. The molecule has 0 aliphatic carbocycles. The van der Waals surface area contributed by atoms with Crippen molar-refractivity contribution in [1.29, 1.82) is 0 Å². The van der Waals surface area contributed by atoms with Crippen molar-refractivity contribution in [2.75, 3.05) is 13.4 Å². The molecule has 0 spiro atoms. The van der Waals surface area contributed by atoms with Crippen molar-refractivity contribution in [2.45, 2.75) is 12.7 Å². The number of carbonyl (C=O) groups excluding carboxylic acids is 1. The molecule has 0 amide bonds. The molecule has 0 aromatic heterocycles. The zero-order valence-corrected chi connectivity index (χ0v) is 14.2. The first-order chi connectivity index (χ1) is 11.4. The number of carbonyl (C=O) groups is 1. The quantitative estimate of drug-likeness (QED) is 0.564. The number of rotatable bonds is 7. The van der Waals surface area contributed by atoms with Crippen LogP contribution >= 0.6 is 0 Å². The van der Waals surface area contributed by atoms with E-state index >= 15 is 0 Å². The standard InChI is InChI=1S/C17H18O6S/c1-21-17(18)16(23-24(2,19)20)14-8-10-15(11-9-14)22-12-13-6-4-3-5-7-13/h3-11,16H,12H2,1-2H3. The lowest BCUT2D eigenvalue weighted by Crippen LogP contribution is -2.20. The van der Waals surface area contributed by atoms with Crippen LogP contribution in [0.15, 0.2) is 54.6 Å². The molecule has 128 valence electrons. The average Bonchev–Trinajstić information content (AvgIpc) is 2.58. The van der Waals surface area contributed by atoms with Crippen molar-refractivity contribution in [3.63, 3.8) is 0 Å². The van der Waals surface area contributed by atoms with Gasteiger partial charge in [-0.05, 0) is 23.3 Å². The van der Waals surface area contributed by atoms with Crippen molar-refractivity contribution >= 4 is 16.1 Å². The van der Waals surface area contributed by atoms with E-state index < -0.39 is 22.2 Å². The summed E-state index contributed by atoms with van der Waals surface area (Å²) in [6, 6.07) is 16.1. The summed E-state index contributed by atoms with van der Waals surface area (Å²) in [5.41, 5.74) is 1.38. The maximum atomic E-state index is 11.7. The molecule has 1 unspecified atom stereocenters. The number of ether oxygens (including phenoxy) is 2. The van der Waals surface area contributed by atoms with Crippen LogP contribution in [-0.2, 0) is 30.4 Å². The van der Waals surface area contributed by atoms with Gasteiger partial charge in [0, 0.05) is 0 Å². The lowest BCUT2D eigenvalue weighted by atomic mass is 10.1. The molecule has 2 rings (SSSR count). The molecule has 1 atom stereocenters. The number of esters is 1. The maximum absolute atomic E-state index is 11.7. The molecule has 0 saturated heterocycles. The van der Waals surface area contributed by atoms with Gasteiger partial charge in [0.15, 0.2) is 6.10 Å². The van der Waals surface area contributed by atoms with Gasteiger partial charge in [-0.3, -0.25) is 4.18 Å². The molecular formula is C17H18O6S. The third-order valence-corrected chi connectivity index (χ3v) is 3.66.